The number of hydrogen-bond acceptors (Lipinski definition) is 4. The van der Waals surface area contributed by atoms with Crippen LogP contribution in [0.15, 0.2) is 48.5 Å². The van der Waals surface area contributed by atoms with Crippen LogP contribution < -0.4 is 9.64 Å². The Morgan fingerprint density at radius 3 is 2.72 bits per heavy atom. The molecule has 5 heteroatoms. The van der Waals surface area contributed by atoms with Gasteiger partial charge in [0.1, 0.15) is 5.75 Å². The van der Waals surface area contributed by atoms with E-state index in [4.69, 9.17) is 9.47 Å². The van der Waals surface area contributed by atoms with Crippen molar-refractivity contribution < 1.29 is 19.1 Å². The van der Waals surface area contributed by atoms with Crippen molar-refractivity contribution >= 4 is 17.6 Å². The number of amides is 1. The second-order valence-corrected chi connectivity index (χ2v) is 6.32. The van der Waals surface area contributed by atoms with Gasteiger partial charge < -0.3 is 14.4 Å². The maximum Gasteiger partial charge on any atom is 0.306 e. The van der Waals surface area contributed by atoms with Crippen LogP contribution in [-0.2, 0) is 19.9 Å². The Kier molecular flexibility index (Phi) is 3.53. The Labute approximate surface area is 146 Å². The first-order valence-electron chi connectivity index (χ1n) is 8.40. The first-order valence-corrected chi connectivity index (χ1v) is 8.40. The summed E-state index contributed by atoms with van der Waals surface area (Å²) >= 11 is 0. The topological polar surface area (TPSA) is 55.8 Å². The largest absolute Gasteiger partial charge is 0.472 e. The minimum Gasteiger partial charge on any atom is -0.472 e. The van der Waals surface area contributed by atoms with Crippen molar-refractivity contribution in [2.45, 2.75) is 24.9 Å². The van der Waals surface area contributed by atoms with Crippen molar-refractivity contribution in [1.29, 1.82) is 0 Å². The molecule has 0 aromatic heterocycles. The quantitative estimate of drug-likeness (QED) is 0.808. The third kappa shape index (κ3) is 2.08. The standard InChI is InChI=1S/C20H19NO4/c1-3-24-18(22)12-15-13-8-4-7-11-17(13)25-20(15)14-9-5-6-10-16(14)21(2)19(20)23/h4-11,15H,3,12H2,1-2H3/t15-,20+/m1/s1. The van der Waals surface area contributed by atoms with Gasteiger partial charge in [-0.3, -0.25) is 9.59 Å². The SMILES string of the molecule is CCOC(=O)C[C@@H]1c2ccccc2O[C@]12C(=O)N(C)c1ccccc12. The summed E-state index contributed by atoms with van der Waals surface area (Å²) in [5.74, 6) is -0.247. The highest BCUT2D eigenvalue weighted by Crippen LogP contribution is 2.57. The Balaban J connectivity index is 1.88. The van der Waals surface area contributed by atoms with Crippen LogP contribution in [0.2, 0.25) is 0 Å². The molecular weight excluding hydrogens is 318 g/mol. The second kappa shape index (κ2) is 5.62. The monoisotopic (exact) mass is 337 g/mol. The Bertz CT molecular complexity index is 862. The van der Waals surface area contributed by atoms with Crippen molar-refractivity contribution in [2.24, 2.45) is 0 Å². The first-order chi connectivity index (χ1) is 12.1. The third-order valence-corrected chi connectivity index (χ3v) is 5.02. The molecule has 2 atom stereocenters. The van der Waals surface area contributed by atoms with Gasteiger partial charge in [0.15, 0.2) is 0 Å². The summed E-state index contributed by atoms with van der Waals surface area (Å²) in [4.78, 5) is 27.1. The molecule has 2 aliphatic heterocycles. The molecule has 5 nitrogen and oxygen atoms in total. The molecule has 0 unspecified atom stereocenters. The highest BCUT2D eigenvalue weighted by molar-refractivity contribution is 6.08. The number of rotatable bonds is 3. The molecule has 0 saturated carbocycles. The molecular formula is C20H19NO4. The highest BCUT2D eigenvalue weighted by Gasteiger charge is 2.61. The lowest BCUT2D eigenvalue weighted by molar-refractivity contribution is -0.146. The molecule has 25 heavy (non-hydrogen) atoms. The zero-order valence-corrected chi connectivity index (χ0v) is 14.2. The number of carbonyl (C=O) groups excluding carboxylic acids is 2. The van der Waals surface area contributed by atoms with Crippen molar-refractivity contribution in [1.82, 2.24) is 0 Å². The van der Waals surface area contributed by atoms with Gasteiger partial charge in [-0.15, -0.1) is 0 Å². The summed E-state index contributed by atoms with van der Waals surface area (Å²) in [7, 11) is 1.74. The third-order valence-electron chi connectivity index (χ3n) is 5.02. The van der Waals surface area contributed by atoms with Gasteiger partial charge in [0.05, 0.1) is 24.6 Å². The molecule has 1 amide bonds. The maximum absolute atomic E-state index is 13.3. The van der Waals surface area contributed by atoms with Gasteiger partial charge >= 0.3 is 5.97 Å². The number of nitrogens with zero attached hydrogens (tertiary/aromatic N) is 1. The lowest BCUT2D eigenvalue weighted by Gasteiger charge is -2.29. The number of ether oxygens (including phenoxy) is 2. The molecule has 1 spiro atoms. The van der Waals surface area contributed by atoms with E-state index < -0.39 is 11.5 Å². The molecule has 0 N–H and O–H groups in total. The van der Waals surface area contributed by atoms with Crippen LogP contribution in [0.4, 0.5) is 5.69 Å². The number of benzene rings is 2. The van der Waals surface area contributed by atoms with Crippen LogP contribution in [0.5, 0.6) is 5.75 Å². The van der Waals surface area contributed by atoms with Gasteiger partial charge in [0, 0.05) is 18.2 Å². The average Bonchev–Trinajstić information content (AvgIpc) is 3.05. The van der Waals surface area contributed by atoms with Crippen molar-refractivity contribution in [3.8, 4) is 5.75 Å². The summed E-state index contributed by atoms with van der Waals surface area (Å²) < 4.78 is 11.4. The van der Waals surface area contributed by atoms with Gasteiger partial charge in [-0.1, -0.05) is 36.4 Å². The summed E-state index contributed by atoms with van der Waals surface area (Å²) in [6.45, 7) is 2.09. The lowest BCUT2D eigenvalue weighted by Crippen LogP contribution is -2.45. The first kappa shape index (κ1) is 15.7. The van der Waals surface area contributed by atoms with Crippen molar-refractivity contribution in [3.63, 3.8) is 0 Å². The van der Waals surface area contributed by atoms with Crippen LogP contribution in [0.25, 0.3) is 0 Å². The Hall–Kier alpha value is -2.82. The molecule has 0 fully saturated rings. The maximum atomic E-state index is 13.3. The van der Waals surface area contributed by atoms with Crippen LogP contribution in [0, 0.1) is 0 Å². The van der Waals surface area contributed by atoms with Gasteiger partial charge in [0.25, 0.3) is 5.91 Å². The molecule has 2 aromatic carbocycles. The summed E-state index contributed by atoms with van der Waals surface area (Å²) in [6, 6.07) is 15.1. The smallest absolute Gasteiger partial charge is 0.306 e. The zero-order valence-electron chi connectivity index (χ0n) is 14.2. The molecule has 0 radical (unpaired) electrons. The van der Waals surface area contributed by atoms with Crippen LogP contribution in [0.3, 0.4) is 0 Å². The van der Waals surface area contributed by atoms with Crippen molar-refractivity contribution in [2.75, 3.05) is 18.6 Å². The molecule has 2 aliphatic rings. The molecule has 0 bridgehead atoms. The fourth-order valence-electron chi connectivity index (χ4n) is 3.95. The normalized spacial score (nSPS) is 23.4. The van der Waals surface area contributed by atoms with Gasteiger partial charge in [-0.2, -0.15) is 0 Å². The van der Waals surface area contributed by atoms with Crippen LogP contribution in [0.1, 0.15) is 30.4 Å². The minimum absolute atomic E-state index is 0.0960. The Morgan fingerprint density at radius 1 is 1.20 bits per heavy atom. The number of anilines is 1. The van der Waals surface area contributed by atoms with E-state index in [-0.39, 0.29) is 18.3 Å². The zero-order chi connectivity index (χ0) is 17.6. The number of fused-ring (bicyclic) bond motifs is 3. The van der Waals surface area contributed by atoms with E-state index in [2.05, 4.69) is 0 Å². The van der Waals surface area contributed by atoms with E-state index in [1.807, 2.05) is 48.5 Å². The lowest BCUT2D eigenvalue weighted by atomic mass is 9.78. The number of para-hydroxylation sites is 2. The number of carbonyl (C=O) groups is 2. The number of hydrogen-bond donors (Lipinski definition) is 0. The van der Waals surface area contributed by atoms with Gasteiger partial charge in [0.2, 0.25) is 5.60 Å². The molecule has 2 heterocycles. The predicted octanol–water partition coefficient (Wildman–Crippen LogP) is 2.99. The van der Waals surface area contributed by atoms with E-state index >= 15 is 0 Å². The van der Waals surface area contributed by atoms with Crippen LogP contribution >= 0.6 is 0 Å². The fourth-order valence-corrected chi connectivity index (χ4v) is 3.95. The summed E-state index contributed by atoms with van der Waals surface area (Å²) in [6.07, 6.45) is 0.0960. The molecule has 128 valence electrons. The second-order valence-electron chi connectivity index (χ2n) is 6.32. The minimum atomic E-state index is -1.21. The predicted molar refractivity (Wildman–Crippen MR) is 92.6 cm³/mol. The number of esters is 1. The highest BCUT2D eigenvalue weighted by atomic mass is 16.5. The number of likely N-dealkylation sites (N-methyl/N-ethyl adjacent to an activating group) is 1. The van der Waals surface area contributed by atoms with E-state index in [1.54, 1.807) is 18.9 Å². The summed E-state index contributed by atoms with van der Waals surface area (Å²) in [5.41, 5.74) is 1.28. The fraction of sp³-hybridized carbons (Fsp3) is 0.300. The average molecular weight is 337 g/mol. The van der Waals surface area contributed by atoms with Crippen LogP contribution in [-0.4, -0.2) is 25.5 Å². The van der Waals surface area contributed by atoms with E-state index in [0.29, 0.717) is 12.4 Å². The van der Waals surface area contributed by atoms with E-state index in [0.717, 1.165) is 16.8 Å². The van der Waals surface area contributed by atoms with Crippen molar-refractivity contribution in [3.05, 3.63) is 59.7 Å². The summed E-state index contributed by atoms with van der Waals surface area (Å²) in [5, 5.41) is 0. The van der Waals surface area contributed by atoms with Gasteiger partial charge in [-0.05, 0) is 19.1 Å². The molecule has 0 aliphatic carbocycles. The van der Waals surface area contributed by atoms with E-state index in [1.165, 1.54) is 0 Å². The molecule has 4 rings (SSSR count). The molecule has 2 aromatic rings. The van der Waals surface area contributed by atoms with Gasteiger partial charge in [-0.25, -0.2) is 0 Å². The van der Waals surface area contributed by atoms with E-state index in [9.17, 15) is 9.59 Å². The molecule has 0 saturated heterocycles. The Morgan fingerprint density at radius 2 is 1.92 bits per heavy atom.